The zero-order valence-electron chi connectivity index (χ0n) is 6.49. The lowest BCUT2D eigenvalue weighted by Crippen LogP contribution is -2.33. The summed E-state index contributed by atoms with van der Waals surface area (Å²) in [5.41, 5.74) is 0. The largest absolute Gasteiger partial charge is 0.468 e. The molecule has 0 aliphatic rings. The van der Waals surface area contributed by atoms with Gasteiger partial charge in [-0.05, 0) is 12.1 Å². The van der Waals surface area contributed by atoms with Crippen molar-refractivity contribution in [1.82, 2.24) is 0 Å². The van der Waals surface area contributed by atoms with E-state index in [2.05, 4.69) is 4.42 Å². The molecule has 0 saturated carbocycles. The van der Waals surface area contributed by atoms with Crippen molar-refractivity contribution in [2.45, 2.75) is 18.3 Å². The molecule has 0 fully saturated rings. The molecule has 80 valence electrons. The molecular weight excluding hydrogens is 214 g/mol. The Bertz CT molecular complexity index is 268. The van der Waals surface area contributed by atoms with E-state index in [-0.39, 0.29) is 0 Å². The summed E-state index contributed by atoms with van der Waals surface area (Å²) in [6.45, 7) is 0. The van der Waals surface area contributed by atoms with Crippen LogP contribution in [0.15, 0.2) is 22.8 Å². The second kappa shape index (κ2) is 3.21. The Kier molecular flexibility index (Phi) is 2.51. The maximum absolute atomic E-state index is 12.0. The summed E-state index contributed by atoms with van der Waals surface area (Å²) < 4.78 is 76.1. The van der Waals surface area contributed by atoms with Crippen LogP contribution in [0.2, 0.25) is 0 Å². The third-order valence-electron chi connectivity index (χ3n) is 1.48. The lowest BCUT2D eigenvalue weighted by molar-refractivity contribution is -0.257. The minimum absolute atomic E-state index is 0.644. The summed E-state index contributed by atoms with van der Waals surface area (Å²) in [5, 5.41) is 0. The third kappa shape index (κ3) is 2.21. The first kappa shape index (κ1) is 10.9. The van der Waals surface area contributed by atoms with Gasteiger partial charge in [0, 0.05) is 0 Å². The summed E-state index contributed by atoms with van der Waals surface area (Å²) in [4.78, 5) is 0. The summed E-state index contributed by atoms with van der Waals surface area (Å²) in [5.74, 6) is -4.70. The van der Waals surface area contributed by atoms with Crippen LogP contribution < -0.4 is 0 Å². The molecule has 1 heterocycles. The third-order valence-corrected chi connectivity index (χ3v) is 1.48. The molecule has 1 aromatic rings. The Balaban J connectivity index is 3.08. The highest BCUT2D eigenvalue weighted by Gasteiger charge is 2.59. The van der Waals surface area contributed by atoms with Crippen molar-refractivity contribution < 1.29 is 30.8 Å². The predicted molar refractivity (Wildman–Crippen MR) is 33.6 cm³/mol. The van der Waals surface area contributed by atoms with Crippen LogP contribution in [0.3, 0.4) is 0 Å². The monoisotopic (exact) mass is 218 g/mol. The van der Waals surface area contributed by atoms with E-state index in [0.717, 1.165) is 12.3 Å². The highest BCUT2D eigenvalue weighted by atomic mass is 19.4. The molecule has 1 nitrogen and oxygen atoms in total. The fourth-order valence-electron chi connectivity index (χ4n) is 0.964. The smallest absolute Gasteiger partial charge is 0.407 e. The van der Waals surface area contributed by atoms with E-state index in [1.165, 1.54) is 0 Å². The van der Waals surface area contributed by atoms with Crippen LogP contribution in [0.4, 0.5) is 26.3 Å². The van der Waals surface area contributed by atoms with Gasteiger partial charge in [-0.3, -0.25) is 0 Å². The highest BCUT2D eigenvalue weighted by Crippen LogP contribution is 2.46. The minimum atomic E-state index is -5.39. The van der Waals surface area contributed by atoms with Gasteiger partial charge in [-0.25, -0.2) is 0 Å². The molecule has 14 heavy (non-hydrogen) atoms. The van der Waals surface area contributed by atoms with Gasteiger partial charge >= 0.3 is 12.4 Å². The van der Waals surface area contributed by atoms with Gasteiger partial charge in [0.15, 0.2) is 0 Å². The molecule has 0 amide bonds. The first-order chi connectivity index (χ1) is 6.23. The molecule has 0 atom stereocenters. The highest BCUT2D eigenvalue weighted by molar-refractivity contribution is 5.10. The number of hydrogen-bond acceptors (Lipinski definition) is 1. The summed E-state index contributed by atoms with van der Waals surface area (Å²) in [7, 11) is 0. The van der Waals surface area contributed by atoms with Gasteiger partial charge in [0.1, 0.15) is 5.76 Å². The molecule has 0 aromatic carbocycles. The number of furan rings is 1. The van der Waals surface area contributed by atoms with Crippen molar-refractivity contribution in [2.24, 2.45) is 0 Å². The Labute approximate surface area is 74.3 Å². The van der Waals surface area contributed by atoms with Crippen LogP contribution >= 0.6 is 0 Å². The summed E-state index contributed by atoms with van der Waals surface area (Å²) in [6, 6.07) is 1.62. The second-order valence-electron chi connectivity index (χ2n) is 2.53. The number of rotatable bonds is 1. The molecule has 0 spiro atoms. The van der Waals surface area contributed by atoms with E-state index >= 15 is 0 Å². The van der Waals surface area contributed by atoms with Gasteiger partial charge < -0.3 is 4.42 Å². The maximum Gasteiger partial charge on any atom is 0.407 e. The van der Waals surface area contributed by atoms with Gasteiger partial charge in [-0.15, -0.1) is 0 Å². The van der Waals surface area contributed by atoms with Crippen molar-refractivity contribution in [2.75, 3.05) is 0 Å². The van der Waals surface area contributed by atoms with E-state index in [9.17, 15) is 26.3 Å². The van der Waals surface area contributed by atoms with Crippen LogP contribution in [-0.2, 0) is 0 Å². The van der Waals surface area contributed by atoms with Crippen molar-refractivity contribution in [1.29, 1.82) is 0 Å². The van der Waals surface area contributed by atoms with Gasteiger partial charge in [-0.1, -0.05) is 0 Å². The van der Waals surface area contributed by atoms with E-state index in [1.807, 2.05) is 0 Å². The fraction of sp³-hybridized carbons (Fsp3) is 0.429. The van der Waals surface area contributed by atoms with Crippen molar-refractivity contribution >= 4 is 0 Å². The lowest BCUT2D eigenvalue weighted by Gasteiger charge is -2.20. The number of hydrogen-bond donors (Lipinski definition) is 0. The normalized spacial score (nSPS) is 13.6. The molecule has 0 aliphatic carbocycles. The van der Waals surface area contributed by atoms with Crippen LogP contribution in [0.25, 0.3) is 0 Å². The number of alkyl halides is 6. The summed E-state index contributed by atoms with van der Waals surface area (Å²) in [6.07, 6.45) is -10.0. The molecule has 1 rings (SSSR count). The van der Waals surface area contributed by atoms with E-state index in [1.54, 1.807) is 0 Å². The molecule has 0 aliphatic heterocycles. The van der Waals surface area contributed by atoms with Crippen LogP contribution in [0, 0.1) is 0 Å². The molecule has 0 saturated heterocycles. The van der Waals surface area contributed by atoms with Crippen molar-refractivity contribution in [3.05, 3.63) is 24.2 Å². The second-order valence-corrected chi connectivity index (χ2v) is 2.53. The van der Waals surface area contributed by atoms with Crippen LogP contribution in [0.1, 0.15) is 11.7 Å². The van der Waals surface area contributed by atoms with Gasteiger partial charge in [0.05, 0.1) is 6.26 Å². The lowest BCUT2D eigenvalue weighted by atomic mass is 10.1. The van der Waals surface area contributed by atoms with Gasteiger partial charge in [0.2, 0.25) is 5.92 Å². The average molecular weight is 218 g/mol. The molecule has 0 N–H and O–H groups in total. The van der Waals surface area contributed by atoms with E-state index in [4.69, 9.17) is 0 Å². The van der Waals surface area contributed by atoms with Crippen LogP contribution in [0.5, 0.6) is 0 Å². The Hall–Kier alpha value is -1.14. The topological polar surface area (TPSA) is 13.1 Å². The molecular formula is C7H4F6O. The molecule has 1 aromatic heterocycles. The van der Waals surface area contributed by atoms with Crippen LogP contribution in [-0.4, -0.2) is 12.4 Å². The predicted octanol–water partition coefficient (Wildman–Crippen LogP) is 3.49. The zero-order valence-corrected chi connectivity index (χ0v) is 6.49. The van der Waals surface area contributed by atoms with Gasteiger partial charge in [-0.2, -0.15) is 26.3 Å². The van der Waals surface area contributed by atoms with E-state index < -0.39 is 24.0 Å². The quantitative estimate of drug-likeness (QED) is 0.657. The fourth-order valence-corrected chi connectivity index (χ4v) is 0.964. The first-order valence-electron chi connectivity index (χ1n) is 3.40. The van der Waals surface area contributed by atoms with Gasteiger partial charge in [0.25, 0.3) is 0 Å². The Morgan fingerprint density at radius 1 is 1.00 bits per heavy atom. The molecule has 0 radical (unpaired) electrons. The SMILES string of the molecule is FC(F)(F)C(c1ccco1)C(F)(F)F. The standard InChI is InChI=1S/C7H4F6O/c8-6(9,10)5(7(11,12)13)4-2-1-3-14-4/h1-3,5H. The Morgan fingerprint density at radius 3 is 1.79 bits per heavy atom. The Morgan fingerprint density at radius 2 is 1.50 bits per heavy atom. The first-order valence-corrected chi connectivity index (χ1v) is 3.40. The molecule has 0 bridgehead atoms. The minimum Gasteiger partial charge on any atom is -0.468 e. The average Bonchev–Trinajstić information content (AvgIpc) is 2.31. The maximum atomic E-state index is 12.0. The van der Waals surface area contributed by atoms with E-state index in [0.29, 0.717) is 6.07 Å². The molecule has 0 unspecified atom stereocenters. The van der Waals surface area contributed by atoms with Crippen molar-refractivity contribution in [3.8, 4) is 0 Å². The molecule has 7 heteroatoms. The number of halogens is 6. The summed E-state index contributed by atoms with van der Waals surface area (Å²) >= 11 is 0. The zero-order chi connectivity index (χ0) is 11.0. The van der Waals surface area contributed by atoms with Crippen molar-refractivity contribution in [3.63, 3.8) is 0 Å².